The molecule has 1 fully saturated rings. The van der Waals surface area contributed by atoms with Crippen LogP contribution in [0.25, 0.3) is 0 Å². The summed E-state index contributed by atoms with van der Waals surface area (Å²) in [6, 6.07) is 17.2. The maximum atomic E-state index is 6.06. The lowest BCUT2D eigenvalue weighted by atomic mass is 9.97. The normalized spacial score (nSPS) is 18.8. The van der Waals surface area contributed by atoms with Crippen LogP contribution in [0.15, 0.2) is 48.5 Å². The van der Waals surface area contributed by atoms with Gasteiger partial charge in [-0.2, -0.15) is 0 Å². The van der Waals surface area contributed by atoms with E-state index in [4.69, 9.17) is 14.2 Å². The molecule has 1 saturated heterocycles. The Kier molecular flexibility index (Phi) is 10.4. The second kappa shape index (κ2) is 13.5. The van der Waals surface area contributed by atoms with Gasteiger partial charge in [-0.05, 0) is 42.5 Å². The molecule has 0 atom stereocenters. The van der Waals surface area contributed by atoms with Crippen LogP contribution < -0.4 is 4.74 Å². The first-order valence-electron chi connectivity index (χ1n) is 12.3. The topological polar surface area (TPSA) is 27.7 Å². The SMILES string of the molecule is CCCCCCOc1ccc(C2OCC(c3ccc(CCCCCC)cc3)CO2)cc1. The molecule has 0 spiro atoms. The molecule has 0 saturated carbocycles. The van der Waals surface area contributed by atoms with Crippen LogP contribution in [0.4, 0.5) is 0 Å². The Morgan fingerprint density at radius 2 is 1.32 bits per heavy atom. The zero-order valence-electron chi connectivity index (χ0n) is 19.5. The fraction of sp³-hybridized carbons (Fsp3) is 0.571. The largest absolute Gasteiger partial charge is 0.494 e. The van der Waals surface area contributed by atoms with Crippen LogP contribution >= 0.6 is 0 Å². The van der Waals surface area contributed by atoms with Crippen molar-refractivity contribution in [3.05, 3.63) is 65.2 Å². The highest BCUT2D eigenvalue weighted by Crippen LogP contribution is 2.31. The Morgan fingerprint density at radius 3 is 1.97 bits per heavy atom. The van der Waals surface area contributed by atoms with E-state index in [2.05, 4.69) is 50.2 Å². The van der Waals surface area contributed by atoms with E-state index in [9.17, 15) is 0 Å². The fourth-order valence-electron chi connectivity index (χ4n) is 4.04. The smallest absolute Gasteiger partial charge is 0.183 e. The first-order valence-corrected chi connectivity index (χ1v) is 12.3. The summed E-state index contributed by atoms with van der Waals surface area (Å²) in [5, 5.41) is 0. The number of aryl methyl sites for hydroxylation is 1. The number of ether oxygens (including phenoxy) is 3. The summed E-state index contributed by atoms with van der Waals surface area (Å²) in [7, 11) is 0. The molecule has 3 nitrogen and oxygen atoms in total. The molecule has 0 bridgehead atoms. The van der Waals surface area contributed by atoms with E-state index in [0.717, 1.165) is 24.3 Å². The summed E-state index contributed by atoms with van der Waals surface area (Å²) in [4.78, 5) is 0. The summed E-state index contributed by atoms with van der Waals surface area (Å²) in [5.74, 6) is 1.22. The van der Waals surface area contributed by atoms with Crippen molar-refractivity contribution < 1.29 is 14.2 Å². The van der Waals surface area contributed by atoms with Crippen LogP contribution in [0.2, 0.25) is 0 Å². The van der Waals surface area contributed by atoms with Crippen molar-refractivity contribution in [3.63, 3.8) is 0 Å². The Bertz CT molecular complexity index is 715. The molecule has 1 aliphatic rings. The van der Waals surface area contributed by atoms with Gasteiger partial charge < -0.3 is 14.2 Å². The molecule has 2 aromatic carbocycles. The molecule has 3 heteroatoms. The molecule has 2 aromatic rings. The average Bonchev–Trinajstić information content (AvgIpc) is 2.83. The van der Waals surface area contributed by atoms with Crippen molar-refractivity contribution in [2.45, 2.75) is 83.8 Å². The van der Waals surface area contributed by atoms with Crippen molar-refractivity contribution in [1.82, 2.24) is 0 Å². The Morgan fingerprint density at radius 1 is 0.710 bits per heavy atom. The van der Waals surface area contributed by atoms with Gasteiger partial charge in [-0.3, -0.25) is 0 Å². The molecular formula is C28H40O3. The highest BCUT2D eigenvalue weighted by molar-refractivity contribution is 5.29. The summed E-state index contributed by atoms with van der Waals surface area (Å²) in [6.07, 6.45) is 11.0. The van der Waals surface area contributed by atoms with Gasteiger partial charge in [0.1, 0.15) is 5.75 Å². The third-order valence-electron chi connectivity index (χ3n) is 6.09. The number of hydrogen-bond acceptors (Lipinski definition) is 3. The van der Waals surface area contributed by atoms with Gasteiger partial charge in [0.25, 0.3) is 0 Å². The van der Waals surface area contributed by atoms with E-state index in [1.54, 1.807) is 0 Å². The van der Waals surface area contributed by atoms with E-state index < -0.39 is 0 Å². The lowest BCUT2D eigenvalue weighted by Gasteiger charge is -2.30. The average molecular weight is 425 g/mol. The predicted molar refractivity (Wildman–Crippen MR) is 128 cm³/mol. The van der Waals surface area contributed by atoms with Gasteiger partial charge in [-0.25, -0.2) is 0 Å². The van der Waals surface area contributed by atoms with E-state index in [1.165, 1.54) is 62.5 Å². The predicted octanol–water partition coefficient (Wildman–Crippen LogP) is 7.60. The molecule has 0 radical (unpaired) electrons. The standard InChI is InChI=1S/C28H40O3/c1-3-5-7-9-11-23-12-14-24(15-13-23)26-21-30-28(31-22-26)25-16-18-27(19-17-25)29-20-10-8-6-4-2/h12-19,26,28H,3-11,20-22H2,1-2H3. The van der Waals surface area contributed by atoms with Crippen LogP contribution in [-0.2, 0) is 15.9 Å². The molecule has 3 rings (SSSR count). The molecule has 1 aliphatic heterocycles. The second-order valence-corrected chi connectivity index (χ2v) is 8.73. The molecule has 0 aromatic heterocycles. The third kappa shape index (κ3) is 7.97. The minimum Gasteiger partial charge on any atom is -0.494 e. The lowest BCUT2D eigenvalue weighted by Crippen LogP contribution is -2.25. The molecule has 0 unspecified atom stereocenters. The molecule has 0 N–H and O–H groups in total. The van der Waals surface area contributed by atoms with Gasteiger partial charge in [-0.15, -0.1) is 0 Å². The highest BCUT2D eigenvalue weighted by Gasteiger charge is 2.24. The van der Waals surface area contributed by atoms with Crippen LogP contribution in [-0.4, -0.2) is 19.8 Å². The number of unbranched alkanes of at least 4 members (excludes halogenated alkanes) is 6. The number of hydrogen-bond donors (Lipinski definition) is 0. The monoisotopic (exact) mass is 424 g/mol. The van der Waals surface area contributed by atoms with Crippen molar-refractivity contribution in [2.75, 3.05) is 19.8 Å². The van der Waals surface area contributed by atoms with Crippen molar-refractivity contribution in [1.29, 1.82) is 0 Å². The first-order chi connectivity index (χ1) is 15.3. The van der Waals surface area contributed by atoms with Gasteiger partial charge in [0.2, 0.25) is 0 Å². The molecule has 0 aliphatic carbocycles. The zero-order chi connectivity index (χ0) is 21.7. The van der Waals surface area contributed by atoms with Crippen LogP contribution in [0.3, 0.4) is 0 Å². The van der Waals surface area contributed by atoms with Crippen LogP contribution in [0.1, 0.15) is 94.1 Å². The zero-order valence-corrected chi connectivity index (χ0v) is 19.5. The maximum Gasteiger partial charge on any atom is 0.183 e. The maximum absolute atomic E-state index is 6.06. The Balaban J connectivity index is 1.41. The number of rotatable bonds is 13. The van der Waals surface area contributed by atoms with Gasteiger partial charge in [0.05, 0.1) is 19.8 Å². The van der Waals surface area contributed by atoms with Crippen molar-refractivity contribution in [2.24, 2.45) is 0 Å². The van der Waals surface area contributed by atoms with Crippen molar-refractivity contribution in [3.8, 4) is 5.75 Å². The molecule has 170 valence electrons. The van der Waals surface area contributed by atoms with Gasteiger partial charge in [0.15, 0.2) is 6.29 Å². The summed E-state index contributed by atoms with van der Waals surface area (Å²) in [5.41, 5.74) is 3.80. The first kappa shape index (κ1) is 23.8. The van der Waals surface area contributed by atoms with E-state index in [-0.39, 0.29) is 6.29 Å². The Labute approximate surface area is 189 Å². The molecule has 31 heavy (non-hydrogen) atoms. The third-order valence-corrected chi connectivity index (χ3v) is 6.09. The van der Waals surface area contributed by atoms with E-state index in [1.807, 2.05) is 12.1 Å². The molecular weight excluding hydrogens is 384 g/mol. The van der Waals surface area contributed by atoms with Crippen LogP contribution in [0.5, 0.6) is 5.75 Å². The summed E-state index contributed by atoms with van der Waals surface area (Å²) < 4.78 is 17.9. The quantitative estimate of drug-likeness (QED) is 0.310. The van der Waals surface area contributed by atoms with Gasteiger partial charge >= 0.3 is 0 Å². The lowest BCUT2D eigenvalue weighted by molar-refractivity contribution is -0.191. The number of benzene rings is 2. The minimum absolute atomic E-state index is 0.285. The van der Waals surface area contributed by atoms with Crippen LogP contribution in [0, 0.1) is 0 Å². The fourth-order valence-corrected chi connectivity index (χ4v) is 4.04. The van der Waals surface area contributed by atoms with Crippen molar-refractivity contribution >= 4 is 0 Å². The molecule has 0 amide bonds. The Hall–Kier alpha value is -1.84. The summed E-state index contributed by atoms with van der Waals surface area (Å²) >= 11 is 0. The highest BCUT2D eigenvalue weighted by atomic mass is 16.7. The minimum atomic E-state index is -0.285. The summed E-state index contributed by atoms with van der Waals surface area (Å²) in [6.45, 7) is 6.65. The van der Waals surface area contributed by atoms with Gasteiger partial charge in [-0.1, -0.05) is 88.8 Å². The molecule has 1 heterocycles. The van der Waals surface area contributed by atoms with E-state index >= 15 is 0 Å². The van der Waals surface area contributed by atoms with Gasteiger partial charge in [0, 0.05) is 11.5 Å². The second-order valence-electron chi connectivity index (χ2n) is 8.73. The van der Waals surface area contributed by atoms with E-state index in [0.29, 0.717) is 19.1 Å².